The second-order valence-corrected chi connectivity index (χ2v) is 4.61. The summed E-state index contributed by atoms with van der Waals surface area (Å²) in [6, 6.07) is 5.14. The van der Waals surface area contributed by atoms with Gasteiger partial charge < -0.3 is 24.4 Å². The first-order valence-electron chi connectivity index (χ1n) is 6.66. The maximum atomic E-state index is 12.1. The Kier molecular flexibility index (Phi) is 5.20. The number of carbonyl (C=O) groups is 1. The molecule has 0 aliphatic carbocycles. The van der Waals surface area contributed by atoms with Gasteiger partial charge in [-0.1, -0.05) is 0 Å². The first-order valence-corrected chi connectivity index (χ1v) is 6.66. The fourth-order valence-electron chi connectivity index (χ4n) is 2.12. The normalized spacial score (nSPS) is 15.7. The van der Waals surface area contributed by atoms with E-state index < -0.39 is 0 Å². The third kappa shape index (κ3) is 3.61. The van der Waals surface area contributed by atoms with Gasteiger partial charge in [0.05, 0.1) is 27.4 Å². The molecule has 1 aliphatic heterocycles. The van der Waals surface area contributed by atoms with Crippen molar-refractivity contribution < 1.29 is 23.9 Å². The van der Waals surface area contributed by atoms with Gasteiger partial charge in [0.15, 0.2) is 18.2 Å². The molecule has 0 unspecified atom stereocenters. The maximum absolute atomic E-state index is 12.1. The molecule has 0 radical (unpaired) electrons. The Morgan fingerprint density at radius 3 is 2.60 bits per heavy atom. The molecular weight excluding hydrogens is 260 g/mol. The zero-order chi connectivity index (χ0) is 14.4. The number of hydrogen-bond acceptors (Lipinski definition) is 4. The molecule has 1 aromatic rings. The van der Waals surface area contributed by atoms with Crippen LogP contribution in [0.2, 0.25) is 0 Å². The van der Waals surface area contributed by atoms with E-state index >= 15 is 0 Å². The van der Waals surface area contributed by atoms with Gasteiger partial charge in [-0.15, -0.1) is 0 Å². The topological polar surface area (TPSA) is 61.2 Å². The van der Waals surface area contributed by atoms with Gasteiger partial charge in [-0.2, -0.15) is 0 Å². The minimum atomic E-state index is -0.107. The van der Waals surface area contributed by atoms with E-state index in [1.807, 2.05) is 0 Å². The SMILES string of the molecule is COc1ccc(C(=O)NC[NH+]2CCOCC2)cc1OC. The van der Waals surface area contributed by atoms with Crippen molar-refractivity contribution in [3.05, 3.63) is 23.8 Å². The van der Waals surface area contributed by atoms with E-state index in [1.54, 1.807) is 32.4 Å². The molecule has 0 spiro atoms. The van der Waals surface area contributed by atoms with Crippen LogP contribution in [0.25, 0.3) is 0 Å². The Hall–Kier alpha value is -1.79. The Morgan fingerprint density at radius 1 is 1.25 bits per heavy atom. The van der Waals surface area contributed by atoms with Crippen molar-refractivity contribution in [2.75, 3.05) is 47.2 Å². The summed E-state index contributed by atoms with van der Waals surface area (Å²) in [4.78, 5) is 13.4. The van der Waals surface area contributed by atoms with Crippen LogP contribution in [0.4, 0.5) is 0 Å². The van der Waals surface area contributed by atoms with Gasteiger partial charge in [0.1, 0.15) is 13.1 Å². The summed E-state index contributed by atoms with van der Waals surface area (Å²) in [5, 5.41) is 2.93. The van der Waals surface area contributed by atoms with Crippen LogP contribution in [0, 0.1) is 0 Å². The molecule has 2 rings (SSSR count). The van der Waals surface area contributed by atoms with Crippen LogP contribution in [0.3, 0.4) is 0 Å². The molecule has 1 heterocycles. The average molecular weight is 281 g/mol. The lowest BCUT2D eigenvalue weighted by atomic mass is 10.2. The minimum absolute atomic E-state index is 0.107. The predicted octanol–water partition coefficient (Wildman–Crippen LogP) is -0.694. The number of carbonyl (C=O) groups excluding carboxylic acids is 1. The fourth-order valence-corrected chi connectivity index (χ4v) is 2.12. The number of benzene rings is 1. The summed E-state index contributed by atoms with van der Waals surface area (Å²) >= 11 is 0. The number of rotatable bonds is 5. The van der Waals surface area contributed by atoms with Crippen molar-refractivity contribution in [3.8, 4) is 11.5 Å². The van der Waals surface area contributed by atoms with Crippen molar-refractivity contribution in [2.24, 2.45) is 0 Å². The van der Waals surface area contributed by atoms with Crippen molar-refractivity contribution in [3.63, 3.8) is 0 Å². The molecule has 20 heavy (non-hydrogen) atoms. The van der Waals surface area contributed by atoms with E-state index in [-0.39, 0.29) is 5.91 Å². The molecule has 0 saturated carbocycles. The summed E-state index contributed by atoms with van der Waals surface area (Å²) in [6.45, 7) is 3.96. The van der Waals surface area contributed by atoms with E-state index in [2.05, 4.69) is 5.32 Å². The quantitative estimate of drug-likeness (QED) is 0.750. The van der Waals surface area contributed by atoms with Crippen molar-refractivity contribution in [1.29, 1.82) is 0 Å². The zero-order valence-corrected chi connectivity index (χ0v) is 11.9. The smallest absolute Gasteiger partial charge is 0.255 e. The number of ether oxygens (including phenoxy) is 3. The number of quaternary nitrogens is 1. The van der Waals surface area contributed by atoms with Gasteiger partial charge in [0.2, 0.25) is 0 Å². The van der Waals surface area contributed by atoms with E-state index in [4.69, 9.17) is 14.2 Å². The highest BCUT2D eigenvalue weighted by Gasteiger charge is 2.16. The van der Waals surface area contributed by atoms with Crippen LogP contribution >= 0.6 is 0 Å². The Bertz CT molecular complexity index is 458. The van der Waals surface area contributed by atoms with Crippen LogP contribution in [0.1, 0.15) is 10.4 Å². The highest BCUT2D eigenvalue weighted by molar-refractivity contribution is 5.94. The van der Waals surface area contributed by atoms with Gasteiger partial charge in [0.25, 0.3) is 5.91 Å². The lowest BCUT2D eigenvalue weighted by Crippen LogP contribution is -3.15. The van der Waals surface area contributed by atoms with E-state index in [0.717, 1.165) is 26.3 Å². The maximum Gasteiger partial charge on any atom is 0.255 e. The Morgan fingerprint density at radius 2 is 1.95 bits per heavy atom. The second kappa shape index (κ2) is 7.12. The van der Waals surface area contributed by atoms with Gasteiger partial charge >= 0.3 is 0 Å². The third-order valence-corrected chi connectivity index (χ3v) is 3.34. The largest absolute Gasteiger partial charge is 0.493 e. The van der Waals surface area contributed by atoms with Gasteiger partial charge in [-0.3, -0.25) is 4.79 Å². The number of morpholine rings is 1. The second-order valence-electron chi connectivity index (χ2n) is 4.61. The lowest BCUT2D eigenvalue weighted by Gasteiger charge is -2.23. The Balaban J connectivity index is 1.94. The first-order chi connectivity index (χ1) is 9.74. The first kappa shape index (κ1) is 14.6. The highest BCUT2D eigenvalue weighted by Crippen LogP contribution is 2.27. The van der Waals surface area contributed by atoms with E-state index in [9.17, 15) is 4.79 Å². The molecule has 1 aliphatic rings. The number of methoxy groups -OCH3 is 2. The number of hydrogen-bond donors (Lipinski definition) is 2. The lowest BCUT2D eigenvalue weighted by molar-refractivity contribution is -0.909. The van der Waals surface area contributed by atoms with Gasteiger partial charge in [-0.25, -0.2) is 0 Å². The molecule has 1 amide bonds. The highest BCUT2D eigenvalue weighted by atomic mass is 16.5. The monoisotopic (exact) mass is 281 g/mol. The van der Waals surface area contributed by atoms with Crippen molar-refractivity contribution in [1.82, 2.24) is 5.32 Å². The molecule has 0 aromatic heterocycles. The average Bonchev–Trinajstić information content (AvgIpc) is 2.52. The number of nitrogens with one attached hydrogen (secondary N) is 2. The summed E-state index contributed by atoms with van der Waals surface area (Å²) in [5.74, 6) is 1.06. The number of amides is 1. The Labute approximate surface area is 118 Å². The van der Waals surface area contributed by atoms with E-state index in [0.29, 0.717) is 23.7 Å². The summed E-state index contributed by atoms with van der Waals surface area (Å²) in [7, 11) is 3.12. The van der Waals surface area contributed by atoms with Crippen LogP contribution in [0.5, 0.6) is 11.5 Å². The molecule has 2 N–H and O–H groups in total. The molecule has 0 atom stereocenters. The molecule has 1 saturated heterocycles. The summed E-state index contributed by atoms with van der Waals surface area (Å²) < 4.78 is 15.6. The molecule has 6 heteroatoms. The molecule has 110 valence electrons. The summed E-state index contributed by atoms with van der Waals surface area (Å²) in [6.07, 6.45) is 0. The van der Waals surface area contributed by atoms with Crippen molar-refractivity contribution >= 4 is 5.91 Å². The van der Waals surface area contributed by atoms with Crippen LogP contribution < -0.4 is 19.7 Å². The summed E-state index contributed by atoms with van der Waals surface area (Å²) in [5.41, 5.74) is 0.565. The fraction of sp³-hybridized carbons (Fsp3) is 0.500. The molecule has 1 fully saturated rings. The molecule has 1 aromatic carbocycles. The van der Waals surface area contributed by atoms with E-state index in [1.165, 1.54) is 4.90 Å². The van der Waals surface area contributed by atoms with Crippen molar-refractivity contribution in [2.45, 2.75) is 0 Å². The predicted molar refractivity (Wildman–Crippen MR) is 73.4 cm³/mol. The van der Waals surface area contributed by atoms with Crippen LogP contribution in [-0.2, 0) is 4.74 Å². The van der Waals surface area contributed by atoms with Gasteiger partial charge in [-0.05, 0) is 18.2 Å². The van der Waals surface area contributed by atoms with Crippen LogP contribution in [0.15, 0.2) is 18.2 Å². The standard InChI is InChI=1S/C14H20N2O4/c1-18-12-4-3-11(9-13(12)19-2)14(17)15-10-16-5-7-20-8-6-16/h3-4,9H,5-8,10H2,1-2H3,(H,15,17)/p+1. The molecule has 0 bridgehead atoms. The molecular formula is C14H21N2O4+. The minimum Gasteiger partial charge on any atom is -0.493 e. The zero-order valence-electron chi connectivity index (χ0n) is 11.9. The van der Waals surface area contributed by atoms with Gasteiger partial charge in [0, 0.05) is 5.56 Å². The molecule has 6 nitrogen and oxygen atoms in total. The van der Waals surface area contributed by atoms with Crippen LogP contribution in [-0.4, -0.2) is 53.1 Å². The third-order valence-electron chi connectivity index (χ3n) is 3.34.